The first kappa shape index (κ1) is 9.89. The van der Waals surface area contributed by atoms with Crippen molar-refractivity contribution in [2.45, 2.75) is 6.42 Å². The molecule has 0 aliphatic rings. The van der Waals surface area contributed by atoms with E-state index >= 15 is 0 Å². The molecular weight excluding hydrogens is 266 g/mol. The standard InChI is InChI=1S/C9H8BrNO2S/c10-8-2-1-7(13-8)9-11-5-6(14-9)3-4-12/h1-2,5,12H,3-4H2. The second-order valence-corrected chi connectivity index (χ2v) is 4.61. The second-order valence-electron chi connectivity index (χ2n) is 2.71. The molecule has 3 nitrogen and oxygen atoms in total. The lowest BCUT2D eigenvalue weighted by molar-refractivity contribution is 0.300. The van der Waals surface area contributed by atoms with Gasteiger partial charge in [-0.05, 0) is 28.1 Å². The number of aliphatic hydroxyl groups excluding tert-OH is 1. The third-order valence-electron chi connectivity index (χ3n) is 1.70. The normalized spacial score (nSPS) is 10.7. The van der Waals surface area contributed by atoms with Gasteiger partial charge in [0.25, 0.3) is 0 Å². The Hall–Kier alpha value is -0.650. The second kappa shape index (κ2) is 4.25. The van der Waals surface area contributed by atoms with Crippen molar-refractivity contribution in [3.8, 4) is 10.8 Å². The van der Waals surface area contributed by atoms with E-state index in [0.29, 0.717) is 11.1 Å². The Labute approximate surface area is 93.5 Å². The number of furan rings is 1. The summed E-state index contributed by atoms with van der Waals surface area (Å²) in [5, 5.41) is 9.60. The molecule has 0 saturated carbocycles. The predicted octanol–water partition coefficient (Wildman–Crippen LogP) is 2.70. The molecule has 2 heterocycles. The molecule has 2 aromatic heterocycles. The minimum absolute atomic E-state index is 0.156. The number of aromatic nitrogens is 1. The quantitative estimate of drug-likeness (QED) is 0.936. The average molecular weight is 274 g/mol. The van der Waals surface area contributed by atoms with Crippen LogP contribution in [0.1, 0.15) is 4.88 Å². The summed E-state index contributed by atoms with van der Waals surface area (Å²) in [6, 6.07) is 3.70. The average Bonchev–Trinajstić information content (AvgIpc) is 2.74. The van der Waals surface area contributed by atoms with Crippen LogP contribution in [0.25, 0.3) is 10.8 Å². The molecule has 1 N–H and O–H groups in total. The van der Waals surface area contributed by atoms with E-state index in [-0.39, 0.29) is 6.61 Å². The summed E-state index contributed by atoms with van der Waals surface area (Å²) >= 11 is 4.78. The molecule has 0 aliphatic carbocycles. The Morgan fingerprint density at radius 3 is 3.00 bits per heavy atom. The maximum atomic E-state index is 8.75. The van der Waals surface area contributed by atoms with E-state index in [0.717, 1.165) is 15.6 Å². The van der Waals surface area contributed by atoms with Gasteiger partial charge in [-0.25, -0.2) is 4.98 Å². The molecule has 0 aliphatic heterocycles. The molecule has 0 bridgehead atoms. The van der Waals surface area contributed by atoms with Crippen LogP contribution >= 0.6 is 27.3 Å². The third-order valence-corrected chi connectivity index (χ3v) is 3.19. The number of hydrogen-bond acceptors (Lipinski definition) is 4. The zero-order chi connectivity index (χ0) is 9.97. The first-order chi connectivity index (χ1) is 6.79. The van der Waals surface area contributed by atoms with Gasteiger partial charge in [-0.15, -0.1) is 11.3 Å². The van der Waals surface area contributed by atoms with Crippen LogP contribution in [0.3, 0.4) is 0 Å². The minimum atomic E-state index is 0.156. The van der Waals surface area contributed by atoms with E-state index in [1.807, 2.05) is 12.1 Å². The van der Waals surface area contributed by atoms with Gasteiger partial charge in [-0.2, -0.15) is 0 Å². The van der Waals surface area contributed by atoms with E-state index in [9.17, 15) is 0 Å². The molecule has 0 unspecified atom stereocenters. The Morgan fingerprint density at radius 2 is 2.36 bits per heavy atom. The number of rotatable bonds is 3. The Morgan fingerprint density at radius 1 is 1.50 bits per heavy atom. The number of thiazole rings is 1. The van der Waals surface area contributed by atoms with Crippen molar-refractivity contribution >= 4 is 27.3 Å². The molecule has 0 fully saturated rings. The Bertz CT molecular complexity index is 424. The van der Waals surface area contributed by atoms with Crippen LogP contribution in [0.2, 0.25) is 0 Å². The minimum Gasteiger partial charge on any atom is -0.447 e. The maximum absolute atomic E-state index is 8.75. The first-order valence-corrected chi connectivity index (χ1v) is 5.72. The van der Waals surface area contributed by atoms with E-state index in [4.69, 9.17) is 9.52 Å². The lowest BCUT2D eigenvalue weighted by Crippen LogP contribution is -1.84. The van der Waals surface area contributed by atoms with Crippen LogP contribution < -0.4 is 0 Å². The fourth-order valence-electron chi connectivity index (χ4n) is 1.08. The monoisotopic (exact) mass is 273 g/mol. The molecule has 0 radical (unpaired) electrons. The molecule has 74 valence electrons. The predicted molar refractivity (Wildman–Crippen MR) is 58.3 cm³/mol. The SMILES string of the molecule is OCCc1cnc(-c2ccc(Br)o2)s1. The number of hydrogen-bond donors (Lipinski definition) is 1. The topological polar surface area (TPSA) is 46.3 Å². The van der Waals surface area contributed by atoms with Crippen LogP contribution in [0.5, 0.6) is 0 Å². The van der Waals surface area contributed by atoms with Crippen LogP contribution in [-0.2, 0) is 6.42 Å². The Kier molecular flexibility index (Phi) is 3.00. The maximum Gasteiger partial charge on any atom is 0.170 e. The van der Waals surface area contributed by atoms with Crippen molar-refractivity contribution in [3.63, 3.8) is 0 Å². The number of halogens is 1. The van der Waals surface area contributed by atoms with E-state index < -0.39 is 0 Å². The van der Waals surface area contributed by atoms with Gasteiger partial charge in [-0.3, -0.25) is 0 Å². The zero-order valence-corrected chi connectivity index (χ0v) is 9.64. The van der Waals surface area contributed by atoms with E-state index in [2.05, 4.69) is 20.9 Å². The summed E-state index contributed by atoms with van der Waals surface area (Å²) in [5.74, 6) is 0.756. The highest BCUT2D eigenvalue weighted by Gasteiger charge is 2.07. The van der Waals surface area contributed by atoms with Crippen molar-refractivity contribution in [2.24, 2.45) is 0 Å². The summed E-state index contributed by atoms with van der Waals surface area (Å²) in [6.45, 7) is 0.156. The molecule has 0 saturated heterocycles. The molecule has 2 rings (SSSR count). The van der Waals surface area contributed by atoms with Gasteiger partial charge in [0.1, 0.15) is 0 Å². The fraction of sp³-hybridized carbons (Fsp3) is 0.222. The Balaban J connectivity index is 2.24. The third kappa shape index (κ3) is 2.05. The largest absolute Gasteiger partial charge is 0.447 e. The first-order valence-electron chi connectivity index (χ1n) is 4.11. The van der Waals surface area contributed by atoms with Crippen molar-refractivity contribution in [1.29, 1.82) is 0 Å². The highest BCUT2D eigenvalue weighted by Crippen LogP contribution is 2.28. The lowest BCUT2D eigenvalue weighted by Gasteiger charge is -1.88. The van der Waals surface area contributed by atoms with Gasteiger partial charge in [-0.1, -0.05) is 0 Å². The van der Waals surface area contributed by atoms with Crippen molar-refractivity contribution in [1.82, 2.24) is 4.98 Å². The molecule has 0 spiro atoms. The summed E-state index contributed by atoms with van der Waals surface area (Å²) in [7, 11) is 0. The highest BCUT2D eigenvalue weighted by atomic mass is 79.9. The summed E-state index contributed by atoms with van der Waals surface area (Å²) in [5.41, 5.74) is 0. The van der Waals surface area contributed by atoms with Gasteiger partial charge in [0.05, 0.1) is 0 Å². The number of nitrogens with zero attached hydrogens (tertiary/aromatic N) is 1. The van der Waals surface area contributed by atoms with Crippen molar-refractivity contribution < 1.29 is 9.52 Å². The van der Waals surface area contributed by atoms with Crippen LogP contribution in [-0.4, -0.2) is 16.7 Å². The molecule has 14 heavy (non-hydrogen) atoms. The molecule has 0 amide bonds. The zero-order valence-electron chi connectivity index (χ0n) is 7.24. The highest BCUT2D eigenvalue weighted by molar-refractivity contribution is 9.10. The summed E-state index contributed by atoms with van der Waals surface area (Å²) in [4.78, 5) is 5.28. The van der Waals surface area contributed by atoms with Crippen LogP contribution in [0.4, 0.5) is 0 Å². The van der Waals surface area contributed by atoms with Crippen molar-refractivity contribution in [2.75, 3.05) is 6.61 Å². The lowest BCUT2D eigenvalue weighted by atomic mass is 10.4. The van der Waals surface area contributed by atoms with Gasteiger partial charge < -0.3 is 9.52 Å². The van der Waals surface area contributed by atoms with E-state index in [1.165, 1.54) is 11.3 Å². The number of aliphatic hydroxyl groups is 1. The van der Waals surface area contributed by atoms with E-state index in [1.54, 1.807) is 6.20 Å². The summed E-state index contributed by atoms with van der Waals surface area (Å²) < 4.78 is 6.06. The molecule has 0 atom stereocenters. The van der Waals surface area contributed by atoms with Gasteiger partial charge in [0.15, 0.2) is 15.4 Å². The van der Waals surface area contributed by atoms with Gasteiger partial charge in [0, 0.05) is 24.1 Å². The van der Waals surface area contributed by atoms with Crippen LogP contribution in [0.15, 0.2) is 27.4 Å². The summed E-state index contributed by atoms with van der Waals surface area (Å²) in [6.07, 6.45) is 2.42. The molecule has 5 heteroatoms. The fourth-order valence-corrected chi connectivity index (χ4v) is 2.25. The smallest absolute Gasteiger partial charge is 0.170 e. The van der Waals surface area contributed by atoms with Crippen molar-refractivity contribution in [3.05, 3.63) is 27.9 Å². The molecular formula is C9H8BrNO2S. The van der Waals surface area contributed by atoms with Crippen LogP contribution in [0, 0.1) is 0 Å². The molecule has 0 aromatic carbocycles. The molecule has 2 aromatic rings. The van der Waals surface area contributed by atoms with Gasteiger partial charge in [0.2, 0.25) is 0 Å². The van der Waals surface area contributed by atoms with Gasteiger partial charge >= 0.3 is 0 Å².